The fraction of sp³-hybridized carbons (Fsp3) is 0.286. The first-order valence-corrected chi connectivity index (χ1v) is 9.83. The van der Waals surface area contributed by atoms with Gasteiger partial charge in [-0.15, -0.1) is 0 Å². The van der Waals surface area contributed by atoms with Gasteiger partial charge in [0.1, 0.15) is 5.82 Å². The van der Waals surface area contributed by atoms with Crippen LogP contribution in [0.3, 0.4) is 0 Å². The fourth-order valence-electron chi connectivity index (χ4n) is 3.44. The molecule has 0 spiro atoms. The molecular formula is C21H17F6N5O. The standard InChI is InChI=1S/C21H17F6N5O/c22-20(23,24)15-3-6-18(28-13-15)30-9-11-31(12-10-30)19(33)14-1-4-16(5-2-14)32-8-7-17(29-32)21(25,26)27/h1-8,13H,9-12H2. The monoisotopic (exact) mass is 469 g/mol. The van der Waals surface area contributed by atoms with Crippen molar-refractivity contribution in [1.82, 2.24) is 19.7 Å². The highest BCUT2D eigenvalue weighted by Gasteiger charge is 2.34. The second-order valence-electron chi connectivity index (χ2n) is 7.37. The van der Waals surface area contributed by atoms with Crippen LogP contribution in [0, 0.1) is 0 Å². The topological polar surface area (TPSA) is 54.3 Å². The van der Waals surface area contributed by atoms with Gasteiger partial charge in [-0.2, -0.15) is 31.4 Å². The molecule has 0 unspecified atom stereocenters. The minimum atomic E-state index is -4.54. The molecule has 1 saturated heterocycles. The molecule has 3 aromatic rings. The molecule has 1 amide bonds. The van der Waals surface area contributed by atoms with Crippen LogP contribution in [0.15, 0.2) is 54.9 Å². The van der Waals surface area contributed by atoms with Gasteiger partial charge in [0, 0.05) is 44.1 Å². The Balaban J connectivity index is 1.37. The predicted molar refractivity (Wildman–Crippen MR) is 106 cm³/mol. The Morgan fingerprint density at radius 2 is 1.48 bits per heavy atom. The minimum Gasteiger partial charge on any atom is -0.353 e. The van der Waals surface area contributed by atoms with Crippen molar-refractivity contribution in [3.8, 4) is 5.69 Å². The fourth-order valence-corrected chi connectivity index (χ4v) is 3.44. The van der Waals surface area contributed by atoms with E-state index in [1.807, 2.05) is 0 Å². The van der Waals surface area contributed by atoms with Gasteiger partial charge in [-0.1, -0.05) is 0 Å². The number of amides is 1. The molecule has 1 fully saturated rings. The molecule has 12 heteroatoms. The Kier molecular flexibility index (Phi) is 5.76. The van der Waals surface area contributed by atoms with Gasteiger partial charge >= 0.3 is 12.4 Å². The highest BCUT2D eigenvalue weighted by atomic mass is 19.4. The molecule has 3 heterocycles. The summed E-state index contributed by atoms with van der Waals surface area (Å²) in [6.07, 6.45) is -7.02. The molecule has 2 aromatic heterocycles. The number of aromatic nitrogens is 3. The SMILES string of the molecule is O=C(c1ccc(-n2ccc(C(F)(F)F)n2)cc1)N1CCN(c2ccc(C(F)(F)F)cn2)CC1. The highest BCUT2D eigenvalue weighted by Crippen LogP contribution is 2.30. The third kappa shape index (κ3) is 4.94. The Hall–Kier alpha value is -3.57. The van der Waals surface area contributed by atoms with Gasteiger partial charge in [0.2, 0.25) is 0 Å². The second kappa shape index (κ2) is 8.41. The largest absolute Gasteiger partial charge is 0.435 e. The van der Waals surface area contributed by atoms with Crippen LogP contribution in [0.25, 0.3) is 5.69 Å². The van der Waals surface area contributed by atoms with Gasteiger partial charge in [-0.05, 0) is 42.5 Å². The van der Waals surface area contributed by atoms with Crippen LogP contribution < -0.4 is 4.90 Å². The maximum Gasteiger partial charge on any atom is 0.435 e. The van der Waals surface area contributed by atoms with E-state index in [-0.39, 0.29) is 5.91 Å². The van der Waals surface area contributed by atoms with E-state index in [0.717, 1.165) is 23.0 Å². The molecule has 0 atom stereocenters. The van der Waals surface area contributed by atoms with Gasteiger partial charge in [0.25, 0.3) is 5.91 Å². The summed E-state index contributed by atoms with van der Waals surface area (Å²) in [6, 6.07) is 9.17. The maximum atomic E-state index is 12.8. The molecule has 4 rings (SSSR count). The minimum absolute atomic E-state index is 0.252. The molecular weight excluding hydrogens is 452 g/mol. The van der Waals surface area contributed by atoms with Gasteiger partial charge in [0.15, 0.2) is 5.69 Å². The maximum absolute atomic E-state index is 12.8. The van der Waals surface area contributed by atoms with E-state index in [0.29, 0.717) is 43.2 Å². The number of nitrogens with zero attached hydrogens (tertiary/aromatic N) is 5. The van der Waals surface area contributed by atoms with E-state index < -0.39 is 23.6 Å². The van der Waals surface area contributed by atoms with Crippen LogP contribution in [0.5, 0.6) is 0 Å². The average molecular weight is 469 g/mol. The first-order chi connectivity index (χ1) is 15.5. The molecule has 0 saturated carbocycles. The zero-order valence-corrected chi connectivity index (χ0v) is 16.9. The number of hydrogen-bond donors (Lipinski definition) is 0. The molecule has 1 aliphatic rings. The molecule has 0 radical (unpaired) electrons. The lowest BCUT2D eigenvalue weighted by Gasteiger charge is -2.35. The van der Waals surface area contributed by atoms with Crippen molar-refractivity contribution in [2.45, 2.75) is 12.4 Å². The van der Waals surface area contributed by atoms with E-state index in [1.54, 1.807) is 9.80 Å². The van der Waals surface area contributed by atoms with Gasteiger partial charge in [-0.25, -0.2) is 9.67 Å². The Bertz CT molecular complexity index is 1110. The Labute approximate surface area is 184 Å². The molecule has 33 heavy (non-hydrogen) atoms. The predicted octanol–water partition coefficient (Wildman–Crippen LogP) is 4.27. The smallest absolute Gasteiger partial charge is 0.353 e. The van der Waals surface area contributed by atoms with Crippen molar-refractivity contribution >= 4 is 11.7 Å². The average Bonchev–Trinajstić information content (AvgIpc) is 3.29. The van der Waals surface area contributed by atoms with Crippen molar-refractivity contribution in [3.63, 3.8) is 0 Å². The van der Waals surface area contributed by atoms with E-state index in [9.17, 15) is 31.1 Å². The van der Waals surface area contributed by atoms with E-state index in [4.69, 9.17) is 0 Å². The normalized spacial score (nSPS) is 15.1. The zero-order valence-electron chi connectivity index (χ0n) is 16.9. The molecule has 0 bridgehead atoms. The molecule has 1 aliphatic heterocycles. The van der Waals surface area contributed by atoms with Crippen LogP contribution in [0.4, 0.5) is 32.2 Å². The van der Waals surface area contributed by atoms with Crippen molar-refractivity contribution in [3.05, 3.63) is 71.7 Å². The van der Waals surface area contributed by atoms with E-state index in [2.05, 4.69) is 10.1 Å². The number of halogens is 6. The molecule has 1 aromatic carbocycles. The van der Waals surface area contributed by atoms with Gasteiger partial charge < -0.3 is 9.80 Å². The lowest BCUT2D eigenvalue weighted by molar-refractivity contribution is -0.141. The summed E-state index contributed by atoms with van der Waals surface area (Å²) in [5.74, 6) is 0.148. The summed E-state index contributed by atoms with van der Waals surface area (Å²) in [6.45, 7) is 1.49. The van der Waals surface area contributed by atoms with Crippen LogP contribution in [0.1, 0.15) is 21.6 Å². The number of carbonyl (C=O) groups is 1. The van der Waals surface area contributed by atoms with Crippen LogP contribution >= 0.6 is 0 Å². The number of anilines is 1. The summed E-state index contributed by atoms with van der Waals surface area (Å²) >= 11 is 0. The summed E-state index contributed by atoms with van der Waals surface area (Å²) in [4.78, 5) is 20.1. The van der Waals surface area contributed by atoms with Gasteiger partial charge in [0.05, 0.1) is 11.3 Å². The third-order valence-electron chi connectivity index (χ3n) is 5.22. The number of rotatable bonds is 3. The van der Waals surface area contributed by atoms with Crippen LogP contribution in [-0.4, -0.2) is 51.8 Å². The van der Waals surface area contributed by atoms with Crippen LogP contribution in [0.2, 0.25) is 0 Å². The summed E-state index contributed by atoms with van der Waals surface area (Å²) in [5, 5.41) is 3.49. The lowest BCUT2D eigenvalue weighted by atomic mass is 10.1. The molecule has 0 aliphatic carbocycles. The Morgan fingerprint density at radius 1 is 0.818 bits per heavy atom. The second-order valence-corrected chi connectivity index (χ2v) is 7.37. The number of hydrogen-bond acceptors (Lipinski definition) is 4. The van der Waals surface area contributed by atoms with E-state index in [1.165, 1.54) is 36.5 Å². The van der Waals surface area contributed by atoms with E-state index >= 15 is 0 Å². The number of carbonyl (C=O) groups excluding carboxylic acids is 1. The first kappa shape index (κ1) is 22.6. The number of benzene rings is 1. The molecule has 174 valence electrons. The van der Waals surface area contributed by atoms with Crippen molar-refractivity contribution < 1.29 is 31.1 Å². The van der Waals surface area contributed by atoms with Crippen molar-refractivity contribution in [1.29, 1.82) is 0 Å². The zero-order chi connectivity index (χ0) is 23.8. The molecule has 6 nitrogen and oxygen atoms in total. The first-order valence-electron chi connectivity index (χ1n) is 9.83. The highest BCUT2D eigenvalue weighted by molar-refractivity contribution is 5.94. The summed E-state index contributed by atoms with van der Waals surface area (Å²) < 4.78 is 77.3. The third-order valence-corrected chi connectivity index (χ3v) is 5.22. The number of pyridine rings is 1. The van der Waals surface area contributed by atoms with Crippen molar-refractivity contribution in [2.24, 2.45) is 0 Å². The molecule has 0 N–H and O–H groups in total. The number of alkyl halides is 6. The number of piperazine rings is 1. The van der Waals surface area contributed by atoms with Gasteiger partial charge in [-0.3, -0.25) is 4.79 Å². The Morgan fingerprint density at radius 3 is 2.00 bits per heavy atom. The summed E-state index contributed by atoms with van der Waals surface area (Å²) in [5.41, 5.74) is -1.10. The summed E-state index contributed by atoms with van der Waals surface area (Å²) in [7, 11) is 0. The quantitative estimate of drug-likeness (QED) is 0.538. The van der Waals surface area contributed by atoms with Crippen molar-refractivity contribution in [2.75, 3.05) is 31.1 Å². The lowest BCUT2D eigenvalue weighted by Crippen LogP contribution is -2.49. The van der Waals surface area contributed by atoms with Crippen LogP contribution in [-0.2, 0) is 12.4 Å².